The summed E-state index contributed by atoms with van der Waals surface area (Å²) in [5.41, 5.74) is 0. The van der Waals surface area contributed by atoms with Gasteiger partial charge < -0.3 is 15.0 Å². The predicted molar refractivity (Wildman–Crippen MR) is 62.3 cm³/mol. The van der Waals surface area contributed by atoms with E-state index in [4.69, 9.17) is 4.74 Å². The smallest absolute Gasteiger partial charge is 0.239 e. The van der Waals surface area contributed by atoms with Crippen LogP contribution in [-0.2, 0) is 9.53 Å². The van der Waals surface area contributed by atoms with E-state index >= 15 is 0 Å². The normalized spacial score (nSPS) is 30.3. The number of amides is 1. The summed E-state index contributed by atoms with van der Waals surface area (Å²) in [7, 11) is 1.89. The highest BCUT2D eigenvalue weighted by Crippen LogP contribution is 2.14. The third-order valence-corrected chi connectivity index (χ3v) is 3.49. The van der Waals surface area contributed by atoms with Gasteiger partial charge in [-0.05, 0) is 32.2 Å². The molecule has 4 nitrogen and oxygen atoms in total. The molecule has 0 aromatic heterocycles. The molecule has 1 unspecified atom stereocenters. The molecule has 0 spiro atoms. The first-order valence-corrected chi connectivity index (χ1v) is 6.37. The van der Waals surface area contributed by atoms with Crippen LogP contribution in [0.5, 0.6) is 0 Å². The monoisotopic (exact) mass is 226 g/mol. The number of carbonyl (C=O) groups is 1. The molecule has 0 aliphatic carbocycles. The van der Waals surface area contributed by atoms with Crippen molar-refractivity contribution < 1.29 is 9.53 Å². The summed E-state index contributed by atoms with van der Waals surface area (Å²) in [5.74, 6) is 0.232. The van der Waals surface area contributed by atoms with Crippen LogP contribution in [0.15, 0.2) is 0 Å². The molecule has 2 atom stereocenters. The Morgan fingerprint density at radius 3 is 2.88 bits per heavy atom. The fourth-order valence-electron chi connectivity index (χ4n) is 2.51. The van der Waals surface area contributed by atoms with E-state index in [-0.39, 0.29) is 18.1 Å². The van der Waals surface area contributed by atoms with Crippen LogP contribution in [0.3, 0.4) is 0 Å². The molecule has 2 aliphatic rings. The lowest BCUT2D eigenvalue weighted by molar-refractivity contribution is -0.134. The van der Waals surface area contributed by atoms with Crippen LogP contribution in [0.4, 0.5) is 0 Å². The molecule has 1 amide bonds. The molecule has 0 bridgehead atoms. The van der Waals surface area contributed by atoms with Crippen molar-refractivity contribution in [1.82, 2.24) is 10.2 Å². The Hall–Kier alpha value is -0.610. The summed E-state index contributed by atoms with van der Waals surface area (Å²) in [6, 6.07) is 0.0418. The van der Waals surface area contributed by atoms with Crippen molar-refractivity contribution >= 4 is 5.91 Å². The Balaban J connectivity index is 1.78. The van der Waals surface area contributed by atoms with Crippen molar-refractivity contribution in [1.29, 1.82) is 0 Å². The van der Waals surface area contributed by atoms with Crippen LogP contribution >= 0.6 is 0 Å². The van der Waals surface area contributed by atoms with Crippen LogP contribution in [0.1, 0.15) is 32.1 Å². The molecule has 2 heterocycles. The minimum Gasteiger partial charge on any atom is -0.376 e. The number of carbonyl (C=O) groups excluding carboxylic acids is 1. The largest absolute Gasteiger partial charge is 0.376 e. The fraction of sp³-hybridized carbons (Fsp3) is 0.917. The zero-order valence-corrected chi connectivity index (χ0v) is 10.1. The lowest BCUT2D eigenvalue weighted by atomic mass is 10.0. The van der Waals surface area contributed by atoms with Crippen LogP contribution in [0, 0.1) is 0 Å². The van der Waals surface area contributed by atoms with Crippen molar-refractivity contribution in [3.8, 4) is 0 Å². The van der Waals surface area contributed by atoms with Gasteiger partial charge in [-0.1, -0.05) is 6.42 Å². The van der Waals surface area contributed by atoms with Crippen molar-refractivity contribution in [2.75, 3.05) is 26.7 Å². The first-order valence-electron chi connectivity index (χ1n) is 6.37. The summed E-state index contributed by atoms with van der Waals surface area (Å²) in [6.07, 6.45) is 5.83. The summed E-state index contributed by atoms with van der Waals surface area (Å²) in [6.45, 7) is 2.58. The van der Waals surface area contributed by atoms with Crippen molar-refractivity contribution in [3.63, 3.8) is 0 Å². The van der Waals surface area contributed by atoms with E-state index in [9.17, 15) is 4.79 Å². The van der Waals surface area contributed by atoms with Crippen LogP contribution in [0.25, 0.3) is 0 Å². The molecule has 0 radical (unpaired) electrons. The van der Waals surface area contributed by atoms with Gasteiger partial charge in [-0.15, -0.1) is 0 Å². The molecular formula is C12H22N2O2. The van der Waals surface area contributed by atoms with E-state index < -0.39 is 0 Å². The Bertz CT molecular complexity index is 233. The molecule has 92 valence electrons. The second-order valence-electron chi connectivity index (χ2n) is 4.86. The van der Waals surface area contributed by atoms with Gasteiger partial charge in [0.2, 0.25) is 5.91 Å². The molecule has 0 aromatic carbocycles. The Morgan fingerprint density at radius 2 is 2.25 bits per heavy atom. The van der Waals surface area contributed by atoms with Gasteiger partial charge in [0.15, 0.2) is 0 Å². The Labute approximate surface area is 97.3 Å². The van der Waals surface area contributed by atoms with E-state index in [1.54, 1.807) is 0 Å². The highest BCUT2D eigenvalue weighted by molar-refractivity contribution is 5.81. The molecule has 2 rings (SSSR count). The molecule has 2 saturated heterocycles. The topological polar surface area (TPSA) is 41.6 Å². The SMILES string of the molecule is CN(CC1CCCO1)C(=O)[C@@H]1CCCCN1. The number of piperidine rings is 1. The van der Waals surface area contributed by atoms with Gasteiger partial charge in [-0.25, -0.2) is 0 Å². The molecule has 0 saturated carbocycles. The lowest BCUT2D eigenvalue weighted by Gasteiger charge is -2.28. The number of nitrogens with zero attached hydrogens (tertiary/aromatic N) is 1. The fourth-order valence-corrected chi connectivity index (χ4v) is 2.51. The Morgan fingerprint density at radius 1 is 1.38 bits per heavy atom. The molecule has 0 aromatic rings. The lowest BCUT2D eigenvalue weighted by Crippen LogP contribution is -2.48. The van der Waals surface area contributed by atoms with Gasteiger partial charge in [0.05, 0.1) is 12.1 Å². The first-order chi connectivity index (χ1) is 7.77. The summed E-state index contributed by atoms with van der Waals surface area (Å²) < 4.78 is 5.55. The van der Waals surface area contributed by atoms with Crippen LogP contribution in [-0.4, -0.2) is 49.7 Å². The van der Waals surface area contributed by atoms with E-state index in [0.29, 0.717) is 0 Å². The van der Waals surface area contributed by atoms with Crippen molar-refractivity contribution in [2.45, 2.75) is 44.2 Å². The number of likely N-dealkylation sites (N-methyl/N-ethyl adjacent to an activating group) is 1. The third-order valence-electron chi connectivity index (χ3n) is 3.49. The van der Waals surface area contributed by atoms with E-state index in [1.165, 1.54) is 6.42 Å². The zero-order chi connectivity index (χ0) is 11.4. The predicted octanol–water partition coefficient (Wildman–Crippen LogP) is 0.766. The van der Waals surface area contributed by atoms with Gasteiger partial charge in [0, 0.05) is 20.2 Å². The summed E-state index contributed by atoms with van der Waals surface area (Å²) in [5, 5.41) is 3.29. The van der Waals surface area contributed by atoms with Gasteiger partial charge in [-0.3, -0.25) is 4.79 Å². The van der Waals surface area contributed by atoms with E-state index in [1.807, 2.05) is 11.9 Å². The highest BCUT2D eigenvalue weighted by Gasteiger charge is 2.26. The standard InChI is InChI=1S/C12H22N2O2/c1-14(9-10-5-4-8-16-10)12(15)11-6-2-3-7-13-11/h10-11,13H,2-9H2,1H3/t10?,11-/m0/s1. The maximum absolute atomic E-state index is 12.1. The number of hydrogen-bond donors (Lipinski definition) is 1. The van der Waals surface area contributed by atoms with E-state index in [0.717, 1.165) is 45.4 Å². The maximum Gasteiger partial charge on any atom is 0.239 e. The Kier molecular flexibility index (Phi) is 4.18. The minimum atomic E-state index is 0.0418. The van der Waals surface area contributed by atoms with E-state index in [2.05, 4.69) is 5.32 Å². The number of hydrogen-bond acceptors (Lipinski definition) is 3. The molecule has 16 heavy (non-hydrogen) atoms. The van der Waals surface area contributed by atoms with Gasteiger partial charge in [0.1, 0.15) is 0 Å². The molecule has 4 heteroatoms. The molecule has 2 fully saturated rings. The molecule has 1 N–H and O–H groups in total. The zero-order valence-electron chi connectivity index (χ0n) is 10.1. The molecular weight excluding hydrogens is 204 g/mol. The van der Waals surface area contributed by atoms with Crippen LogP contribution < -0.4 is 5.32 Å². The number of rotatable bonds is 3. The second kappa shape index (κ2) is 5.64. The van der Waals surface area contributed by atoms with Gasteiger partial charge in [-0.2, -0.15) is 0 Å². The summed E-state index contributed by atoms with van der Waals surface area (Å²) >= 11 is 0. The highest BCUT2D eigenvalue weighted by atomic mass is 16.5. The minimum absolute atomic E-state index is 0.0418. The van der Waals surface area contributed by atoms with Crippen molar-refractivity contribution in [2.24, 2.45) is 0 Å². The average molecular weight is 226 g/mol. The maximum atomic E-state index is 12.1. The number of ether oxygens (including phenoxy) is 1. The number of nitrogens with one attached hydrogen (secondary N) is 1. The first kappa shape index (κ1) is 11.9. The quantitative estimate of drug-likeness (QED) is 0.772. The van der Waals surface area contributed by atoms with Gasteiger partial charge >= 0.3 is 0 Å². The molecule has 2 aliphatic heterocycles. The van der Waals surface area contributed by atoms with Gasteiger partial charge in [0.25, 0.3) is 0 Å². The summed E-state index contributed by atoms with van der Waals surface area (Å²) in [4.78, 5) is 13.9. The third kappa shape index (κ3) is 2.95. The van der Waals surface area contributed by atoms with Crippen LogP contribution in [0.2, 0.25) is 0 Å². The second-order valence-corrected chi connectivity index (χ2v) is 4.86. The van der Waals surface area contributed by atoms with Crippen molar-refractivity contribution in [3.05, 3.63) is 0 Å². The average Bonchev–Trinajstić information content (AvgIpc) is 2.82.